The van der Waals surface area contributed by atoms with E-state index in [1.807, 2.05) is 23.6 Å². The van der Waals surface area contributed by atoms with Gasteiger partial charge in [0.15, 0.2) is 0 Å². The molecule has 2 fully saturated rings. The highest BCUT2D eigenvalue weighted by atomic mass is 32.2. The summed E-state index contributed by atoms with van der Waals surface area (Å²) in [5.74, 6) is 0.0466. The zero-order chi connectivity index (χ0) is 15.4. The van der Waals surface area contributed by atoms with Gasteiger partial charge in [-0.15, -0.1) is 11.3 Å². The lowest BCUT2D eigenvalue weighted by Crippen LogP contribution is -2.38. The van der Waals surface area contributed by atoms with E-state index in [1.54, 1.807) is 16.2 Å². The van der Waals surface area contributed by atoms with Crippen LogP contribution in [0.25, 0.3) is 6.08 Å². The van der Waals surface area contributed by atoms with Gasteiger partial charge in [0.1, 0.15) is 4.32 Å². The number of thiocarbonyl (C=S) groups is 1. The number of carbonyl (C=O) groups excluding carboxylic acids is 1. The van der Waals surface area contributed by atoms with Crippen molar-refractivity contribution in [2.75, 3.05) is 39.4 Å². The summed E-state index contributed by atoms with van der Waals surface area (Å²) in [6.07, 6.45) is 2.88. The first-order chi connectivity index (χ1) is 10.7. The highest BCUT2D eigenvalue weighted by molar-refractivity contribution is 8.26. The molecule has 3 rings (SSSR count). The van der Waals surface area contributed by atoms with Crippen LogP contribution in [0.15, 0.2) is 22.4 Å². The molecule has 0 unspecified atom stereocenters. The Balaban J connectivity index is 1.53. The Kier molecular flexibility index (Phi) is 5.65. The highest BCUT2D eigenvalue weighted by Crippen LogP contribution is 2.33. The maximum atomic E-state index is 12.4. The molecule has 0 spiro atoms. The lowest BCUT2D eigenvalue weighted by Gasteiger charge is -2.27. The number of thiophene rings is 1. The second kappa shape index (κ2) is 7.70. The van der Waals surface area contributed by atoms with Gasteiger partial charge in [0, 0.05) is 31.1 Å². The van der Waals surface area contributed by atoms with Crippen LogP contribution >= 0.6 is 35.3 Å². The van der Waals surface area contributed by atoms with E-state index >= 15 is 0 Å². The van der Waals surface area contributed by atoms with E-state index in [1.165, 1.54) is 11.8 Å². The number of thioether (sulfide) groups is 1. The number of ether oxygens (including phenoxy) is 1. The quantitative estimate of drug-likeness (QED) is 0.600. The van der Waals surface area contributed by atoms with Gasteiger partial charge in [0.25, 0.3) is 5.91 Å². The number of hydrogen-bond donors (Lipinski definition) is 0. The molecule has 2 saturated heterocycles. The second-order valence-corrected chi connectivity index (χ2v) is 7.81. The van der Waals surface area contributed by atoms with Crippen molar-refractivity contribution in [1.82, 2.24) is 9.80 Å². The second-order valence-electron chi connectivity index (χ2n) is 5.16. The first-order valence-electron chi connectivity index (χ1n) is 7.33. The molecule has 0 aromatic carbocycles. The molecule has 118 valence electrons. The van der Waals surface area contributed by atoms with Crippen molar-refractivity contribution in [2.24, 2.45) is 0 Å². The Morgan fingerprint density at radius 1 is 1.32 bits per heavy atom. The van der Waals surface area contributed by atoms with Crippen molar-refractivity contribution in [3.63, 3.8) is 0 Å². The van der Waals surface area contributed by atoms with Crippen LogP contribution in [0.3, 0.4) is 0 Å². The predicted molar refractivity (Wildman–Crippen MR) is 96.1 cm³/mol. The van der Waals surface area contributed by atoms with Gasteiger partial charge in [0.05, 0.1) is 18.1 Å². The fourth-order valence-electron chi connectivity index (χ4n) is 2.47. The Morgan fingerprint density at radius 2 is 2.14 bits per heavy atom. The largest absolute Gasteiger partial charge is 0.379 e. The van der Waals surface area contributed by atoms with E-state index in [2.05, 4.69) is 4.90 Å². The van der Waals surface area contributed by atoms with Crippen LogP contribution in [0.1, 0.15) is 11.3 Å². The van der Waals surface area contributed by atoms with Gasteiger partial charge in [0.2, 0.25) is 0 Å². The zero-order valence-corrected chi connectivity index (χ0v) is 14.6. The van der Waals surface area contributed by atoms with Gasteiger partial charge in [-0.3, -0.25) is 14.6 Å². The third-order valence-corrected chi connectivity index (χ3v) is 5.85. The van der Waals surface area contributed by atoms with Gasteiger partial charge in [-0.05, 0) is 23.9 Å². The molecule has 22 heavy (non-hydrogen) atoms. The summed E-state index contributed by atoms with van der Waals surface area (Å²) < 4.78 is 6.02. The minimum atomic E-state index is 0.0466. The molecule has 7 heteroatoms. The molecular formula is C15H18N2O2S3. The number of rotatable bonds is 5. The van der Waals surface area contributed by atoms with Crippen molar-refractivity contribution in [1.29, 1.82) is 0 Å². The minimum Gasteiger partial charge on any atom is -0.379 e. The lowest BCUT2D eigenvalue weighted by molar-refractivity contribution is -0.122. The summed E-state index contributed by atoms with van der Waals surface area (Å²) in [4.78, 5) is 18.4. The Morgan fingerprint density at radius 3 is 2.86 bits per heavy atom. The van der Waals surface area contributed by atoms with Crippen LogP contribution in [0, 0.1) is 0 Å². The fraction of sp³-hybridized carbons (Fsp3) is 0.467. The smallest absolute Gasteiger partial charge is 0.266 e. The molecule has 0 bridgehead atoms. The van der Waals surface area contributed by atoms with E-state index in [0.29, 0.717) is 10.9 Å². The summed E-state index contributed by atoms with van der Waals surface area (Å²) in [7, 11) is 0. The molecule has 1 amide bonds. The summed E-state index contributed by atoms with van der Waals surface area (Å²) in [6, 6.07) is 4.00. The average molecular weight is 355 g/mol. The Labute approximate surface area is 144 Å². The van der Waals surface area contributed by atoms with Gasteiger partial charge in [-0.2, -0.15) is 0 Å². The monoisotopic (exact) mass is 354 g/mol. The number of nitrogens with zero attached hydrogens (tertiary/aromatic N) is 2. The first-order valence-corrected chi connectivity index (χ1v) is 9.43. The van der Waals surface area contributed by atoms with E-state index < -0.39 is 0 Å². The van der Waals surface area contributed by atoms with Crippen LogP contribution in [0.4, 0.5) is 0 Å². The molecule has 2 aliphatic rings. The Hall–Kier alpha value is -0.730. The molecule has 1 aromatic heterocycles. The SMILES string of the molecule is O=C1/C(=C/c2cccs2)SC(=S)N1CCCN1CCOCC1. The van der Waals surface area contributed by atoms with Crippen LogP contribution in [0.2, 0.25) is 0 Å². The molecule has 4 nitrogen and oxygen atoms in total. The highest BCUT2D eigenvalue weighted by Gasteiger charge is 2.31. The minimum absolute atomic E-state index is 0.0466. The van der Waals surface area contributed by atoms with Gasteiger partial charge in [-0.25, -0.2) is 0 Å². The maximum Gasteiger partial charge on any atom is 0.266 e. The van der Waals surface area contributed by atoms with Crippen molar-refractivity contribution < 1.29 is 9.53 Å². The van der Waals surface area contributed by atoms with E-state index in [4.69, 9.17) is 17.0 Å². The summed E-state index contributed by atoms with van der Waals surface area (Å²) >= 11 is 8.39. The van der Waals surface area contributed by atoms with Gasteiger partial charge in [-0.1, -0.05) is 30.0 Å². The topological polar surface area (TPSA) is 32.8 Å². The van der Waals surface area contributed by atoms with Gasteiger partial charge >= 0.3 is 0 Å². The van der Waals surface area contributed by atoms with Crippen LogP contribution < -0.4 is 0 Å². The van der Waals surface area contributed by atoms with Crippen LogP contribution in [-0.2, 0) is 9.53 Å². The first kappa shape index (κ1) is 16.1. The third kappa shape index (κ3) is 3.97. The predicted octanol–water partition coefficient (Wildman–Crippen LogP) is 2.67. The molecule has 0 N–H and O–H groups in total. The molecular weight excluding hydrogens is 336 g/mol. The number of amides is 1. The number of hydrogen-bond acceptors (Lipinski definition) is 6. The average Bonchev–Trinajstić information content (AvgIpc) is 3.12. The van der Waals surface area contributed by atoms with E-state index in [0.717, 1.165) is 49.1 Å². The number of morpholine rings is 1. The van der Waals surface area contributed by atoms with Crippen molar-refractivity contribution in [3.05, 3.63) is 27.3 Å². The summed E-state index contributed by atoms with van der Waals surface area (Å²) in [5, 5.41) is 2.01. The standard InChI is InChI=1S/C15H18N2O2S3/c18-14-13(11-12-3-1-10-21-12)22-15(20)17(14)5-2-4-16-6-8-19-9-7-16/h1,3,10-11H,2,4-9H2/b13-11-. The third-order valence-electron chi connectivity index (χ3n) is 3.65. The van der Waals surface area contributed by atoms with Crippen molar-refractivity contribution >= 4 is 51.6 Å². The van der Waals surface area contributed by atoms with Crippen LogP contribution in [-0.4, -0.2) is 59.4 Å². The van der Waals surface area contributed by atoms with Crippen molar-refractivity contribution in [3.8, 4) is 0 Å². The van der Waals surface area contributed by atoms with Crippen LogP contribution in [0.5, 0.6) is 0 Å². The normalized spacial score (nSPS) is 22.0. The zero-order valence-electron chi connectivity index (χ0n) is 12.2. The summed E-state index contributed by atoms with van der Waals surface area (Å²) in [6.45, 7) is 5.27. The van der Waals surface area contributed by atoms with E-state index in [-0.39, 0.29) is 5.91 Å². The fourth-order valence-corrected chi connectivity index (χ4v) is 4.50. The molecule has 0 aliphatic carbocycles. The number of carbonyl (C=O) groups is 1. The molecule has 1 aromatic rings. The molecule has 0 saturated carbocycles. The molecule has 3 heterocycles. The maximum absolute atomic E-state index is 12.4. The van der Waals surface area contributed by atoms with Gasteiger partial charge < -0.3 is 4.74 Å². The Bertz CT molecular complexity index is 565. The molecule has 0 atom stereocenters. The molecule has 0 radical (unpaired) electrons. The molecule has 2 aliphatic heterocycles. The summed E-state index contributed by atoms with van der Waals surface area (Å²) in [5.41, 5.74) is 0. The van der Waals surface area contributed by atoms with Crippen molar-refractivity contribution in [2.45, 2.75) is 6.42 Å². The van der Waals surface area contributed by atoms with E-state index in [9.17, 15) is 4.79 Å². The lowest BCUT2D eigenvalue weighted by atomic mass is 10.3.